The molecule has 4 heteroatoms. The van der Waals surface area contributed by atoms with Gasteiger partial charge >= 0.3 is 0 Å². The van der Waals surface area contributed by atoms with E-state index >= 15 is 0 Å². The predicted molar refractivity (Wildman–Crippen MR) is 127 cm³/mol. The molecule has 0 fully saturated rings. The molecule has 0 saturated heterocycles. The van der Waals surface area contributed by atoms with Gasteiger partial charge < -0.3 is 20.9 Å². The lowest BCUT2D eigenvalue weighted by atomic mass is 9.78. The fourth-order valence-corrected chi connectivity index (χ4v) is 3.49. The Labute approximate surface area is 183 Å². The van der Waals surface area contributed by atoms with E-state index in [1.54, 1.807) is 0 Å². The third kappa shape index (κ3) is 4.81. The highest BCUT2D eigenvalue weighted by molar-refractivity contribution is 5.49. The van der Waals surface area contributed by atoms with Crippen molar-refractivity contribution in [2.24, 2.45) is 0 Å². The van der Waals surface area contributed by atoms with Crippen LogP contribution >= 0.6 is 0 Å². The van der Waals surface area contributed by atoms with Crippen LogP contribution < -0.4 is 20.9 Å². The minimum Gasteiger partial charge on any atom is -0.457 e. The topological polar surface area (TPSA) is 70.5 Å². The molecule has 0 aromatic heterocycles. The highest BCUT2D eigenvalue weighted by Gasteiger charge is 2.24. The molecule has 0 bridgehead atoms. The zero-order valence-corrected chi connectivity index (χ0v) is 17.7. The molecule has 0 atom stereocenters. The summed E-state index contributed by atoms with van der Waals surface area (Å²) in [6.45, 7) is 4.37. The van der Waals surface area contributed by atoms with E-state index in [1.165, 1.54) is 0 Å². The molecule has 0 saturated carbocycles. The lowest BCUT2D eigenvalue weighted by Crippen LogP contribution is -2.18. The molecular weight excluding hydrogens is 384 g/mol. The van der Waals surface area contributed by atoms with Crippen molar-refractivity contribution in [3.05, 3.63) is 108 Å². The summed E-state index contributed by atoms with van der Waals surface area (Å²) in [5.74, 6) is 2.96. The Morgan fingerprint density at radius 2 is 0.871 bits per heavy atom. The molecule has 4 nitrogen and oxygen atoms in total. The van der Waals surface area contributed by atoms with Gasteiger partial charge in [-0.05, 0) is 59.7 Å². The maximum absolute atomic E-state index is 6.03. The Balaban J connectivity index is 1.59. The van der Waals surface area contributed by atoms with Crippen LogP contribution in [0.2, 0.25) is 0 Å². The smallest absolute Gasteiger partial charge is 0.129 e. The summed E-state index contributed by atoms with van der Waals surface area (Å²) in [5.41, 5.74) is 15.1. The Morgan fingerprint density at radius 3 is 1.26 bits per heavy atom. The van der Waals surface area contributed by atoms with Crippen molar-refractivity contribution in [3.8, 4) is 23.0 Å². The van der Waals surface area contributed by atoms with Gasteiger partial charge in [-0.25, -0.2) is 0 Å². The van der Waals surface area contributed by atoms with Crippen LogP contribution in [0, 0.1) is 0 Å². The van der Waals surface area contributed by atoms with Crippen molar-refractivity contribution in [1.82, 2.24) is 0 Å². The second-order valence-corrected chi connectivity index (χ2v) is 8.03. The molecule has 0 aliphatic carbocycles. The van der Waals surface area contributed by atoms with E-state index in [0.29, 0.717) is 22.9 Å². The van der Waals surface area contributed by atoms with Crippen molar-refractivity contribution in [2.75, 3.05) is 11.5 Å². The lowest BCUT2D eigenvalue weighted by Gasteiger charge is -2.27. The molecule has 0 unspecified atom stereocenters. The molecule has 0 aliphatic heterocycles. The van der Waals surface area contributed by atoms with Crippen molar-refractivity contribution in [2.45, 2.75) is 19.3 Å². The molecule has 0 radical (unpaired) electrons. The van der Waals surface area contributed by atoms with Crippen LogP contribution in [0.5, 0.6) is 23.0 Å². The summed E-state index contributed by atoms with van der Waals surface area (Å²) >= 11 is 0. The molecular formula is C27H26N2O2. The van der Waals surface area contributed by atoms with E-state index in [1.807, 2.05) is 72.8 Å². The van der Waals surface area contributed by atoms with Crippen LogP contribution in [0.1, 0.15) is 25.0 Å². The molecule has 4 aromatic rings. The number of rotatable bonds is 6. The quantitative estimate of drug-likeness (QED) is 0.344. The highest BCUT2D eigenvalue weighted by Crippen LogP contribution is 2.36. The average molecular weight is 411 g/mol. The van der Waals surface area contributed by atoms with Gasteiger partial charge in [-0.1, -0.05) is 50.2 Å². The van der Waals surface area contributed by atoms with Gasteiger partial charge in [-0.3, -0.25) is 0 Å². The van der Waals surface area contributed by atoms with Gasteiger partial charge in [0.05, 0.1) is 0 Å². The van der Waals surface area contributed by atoms with Crippen LogP contribution in [-0.2, 0) is 5.41 Å². The maximum Gasteiger partial charge on any atom is 0.129 e. The number of anilines is 2. The first kappa shape index (κ1) is 20.4. The molecule has 0 aliphatic rings. The minimum atomic E-state index is -0.260. The fraction of sp³-hybridized carbons (Fsp3) is 0.111. The zero-order valence-electron chi connectivity index (χ0n) is 17.7. The van der Waals surface area contributed by atoms with Crippen LogP contribution in [0.3, 0.4) is 0 Å². The second-order valence-electron chi connectivity index (χ2n) is 8.03. The van der Waals surface area contributed by atoms with Gasteiger partial charge in [0.15, 0.2) is 0 Å². The molecule has 4 aromatic carbocycles. The van der Waals surface area contributed by atoms with E-state index in [2.05, 4.69) is 38.1 Å². The number of ether oxygens (including phenoxy) is 2. The van der Waals surface area contributed by atoms with Gasteiger partial charge in [-0.2, -0.15) is 0 Å². The lowest BCUT2D eigenvalue weighted by molar-refractivity contribution is 0.477. The van der Waals surface area contributed by atoms with Gasteiger partial charge in [0.2, 0.25) is 0 Å². The summed E-state index contributed by atoms with van der Waals surface area (Å²) in [7, 11) is 0. The number of nitrogen functional groups attached to an aromatic ring is 2. The van der Waals surface area contributed by atoms with Crippen LogP contribution in [0.15, 0.2) is 97.1 Å². The van der Waals surface area contributed by atoms with Crippen LogP contribution in [0.25, 0.3) is 0 Å². The van der Waals surface area contributed by atoms with Crippen molar-refractivity contribution in [3.63, 3.8) is 0 Å². The summed E-state index contributed by atoms with van der Waals surface area (Å²) in [6, 6.07) is 31.1. The third-order valence-electron chi connectivity index (χ3n) is 5.30. The van der Waals surface area contributed by atoms with Crippen molar-refractivity contribution in [1.29, 1.82) is 0 Å². The summed E-state index contributed by atoms with van der Waals surface area (Å²) in [6.07, 6.45) is 0. The number of nitrogens with two attached hydrogens (primary N) is 2. The van der Waals surface area contributed by atoms with E-state index in [0.717, 1.165) is 22.6 Å². The van der Waals surface area contributed by atoms with Gasteiger partial charge in [0.25, 0.3) is 0 Å². The predicted octanol–water partition coefficient (Wildman–Crippen LogP) is 6.76. The molecule has 156 valence electrons. The first-order chi connectivity index (χ1) is 14.9. The fourth-order valence-electron chi connectivity index (χ4n) is 3.49. The van der Waals surface area contributed by atoms with Crippen molar-refractivity contribution >= 4 is 11.4 Å². The van der Waals surface area contributed by atoms with Gasteiger partial charge in [0.1, 0.15) is 23.0 Å². The maximum atomic E-state index is 6.03. The molecule has 0 amide bonds. The van der Waals surface area contributed by atoms with Crippen LogP contribution in [0.4, 0.5) is 11.4 Å². The first-order valence-electron chi connectivity index (χ1n) is 10.2. The average Bonchev–Trinajstić information content (AvgIpc) is 2.74. The minimum absolute atomic E-state index is 0.260. The Kier molecular flexibility index (Phi) is 5.54. The van der Waals surface area contributed by atoms with E-state index < -0.39 is 0 Å². The molecule has 31 heavy (non-hydrogen) atoms. The summed E-state index contributed by atoms with van der Waals surface area (Å²) in [5, 5.41) is 0. The van der Waals surface area contributed by atoms with Gasteiger partial charge in [0, 0.05) is 28.9 Å². The van der Waals surface area contributed by atoms with E-state index in [9.17, 15) is 0 Å². The van der Waals surface area contributed by atoms with E-state index in [-0.39, 0.29) is 5.41 Å². The van der Waals surface area contributed by atoms with Gasteiger partial charge in [-0.15, -0.1) is 0 Å². The highest BCUT2D eigenvalue weighted by atomic mass is 16.5. The Morgan fingerprint density at radius 1 is 0.516 bits per heavy atom. The molecule has 4 N–H and O–H groups in total. The number of hydrogen-bond donors (Lipinski definition) is 2. The number of benzene rings is 4. The van der Waals surface area contributed by atoms with Crippen LogP contribution in [-0.4, -0.2) is 0 Å². The van der Waals surface area contributed by atoms with Crippen molar-refractivity contribution < 1.29 is 9.47 Å². The SMILES string of the molecule is CC(C)(c1cccc(Oc2cccc(N)c2)c1)c1cccc(Oc2cccc(N)c2)c1. The Bertz CT molecular complexity index is 1110. The largest absolute Gasteiger partial charge is 0.457 e. The number of hydrogen-bond acceptors (Lipinski definition) is 4. The molecule has 4 rings (SSSR count). The first-order valence-corrected chi connectivity index (χ1v) is 10.2. The second kappa shape index (κ2) is 8.44. The zero-order chi connectivity index (χ0) is 21.8. The third-order valence-corrected chi connectivity index (χ3v) is 5.30. The normalized spacial score (nSPS) is 11.2. The standard InChI is InChI=1S/C27H26N2O2/c1-27(2,19-7-3-11-23(15-19)30-25-13-5-9-21(28)17-25)20-8-4-12-24(16-20)31-26-14-6-10-22(29)18-26/h3-18H,28-29H2,1-2H3. The molecule has 0 heterocycles. The Hall–Kier alpha value is -3.92. The van der Waals surface area contributed by atoms with E-state index in [4.69, 9.17) is 20.9 Å². The summed E-state index contributed by atoms with van der Waals surface area (Å²) in [4.78, 5) is 0. The monoisotopic (exact) mass is 410 g/mol. The summed E-state index contributed by atoms with van der Waals surface area (Å²) < 4.78 is 12.1. The molecule has 0 spiro atoms.